The van der Waals surface area contributed by atoms with Gasteiger partial charge in [0.25, 0.3) is 0 Å². The van der Waals surface area contributed by atoms with E-state index in [4.69, 9.17) is 9.41 Å². The van der Waals surface area contributed by atoms with Gasteiger partial charge in [-0.15, -0.1) is 11.3 Å². The molecule has 12 rings (SSSR count). The smallest absolute Gasteiger partial charge is 0.147 e. The molecule has 0 radical (unpaired) electrons. The minimum atomic E-state index is -0.212. The number of thiophene rings is 1. The number of nitrogens with zero attached hydrogens (tertiary/aromatic N) is 2. The van der Waals surface area contributed by atoms with Crippen LogP contribution in [0.1, 0.15) is 71.5 Å². The zero-order chi connectivity index (χ0) is 43.4. The number of rotatable bonds is 7. The van der Waals surface area contributed by atoms with Gasteiger partial charge in [-0.25, -0.2) is 0 Å². The Morgan fingerprint density at radius 2 is 1.46 bits per heavy atom. The Morgan fingerprint density at radius 1 is 0.677 bits per heavy atom. The molecular formula is C61H48N2OS. The molecule has 0 saturated carbocycles. The van der Waals surface area contributed by atoms with E-state index in [1.165, 1.54) is 76.2 Å². The highest BCUT2D eigenvalue weighted by Gasteiger charge is 2.31. The zero-order valence-corrected chi connectivity index (χ0v) is 37.5. The standard InChI is InChI=1S/C61H48N2OS/c1-3-39-33-48-35-44(43-22-14-21-42(34-43)40-17-6-4-7-18-40)23-16-28-49(48)59-51-27-11-13-30-57(51)65-60(59)58(39)46-24-15-25-47(36-46)61-62-53(41-19-8-5-9-20-41)38-54(63(61)2)45-31-32-56-52(37-45)50-26-10-12-29-55(50)64-56/h4-19,21-32,34,36-38,41,61H,3,20,33,35H2,1-2H3. The Hall–Kier alpha value is -7.27. The van der Waals surface area contributed by atoms with E-state index < -0.39 is 0 Å². The van der Waals surface area contributed by atoms with Crippen molar-refractivity contribution in [2.75, 3.05) is 7.05 Å². The van der Waals surface area contributed by atoms with Crippen LogP contribution in [0, 0.1) is 5.92 Å². The van der Waals surface area contributed by atoms with Gasteiger partial charge < -0.3 is 9.32 Å². The quantitative estimate of drug-likeness (QED) is 0.160. The van der Waals surface area contributed by atoms with E-state index in [0.717, 1.165) is 64.6 Å². The second-order valence-electron chi connectivity index (χ2n) is 17.7. The van der Waals surface area contributed by atoms with Crippen LogP contribution in [0.4, 0.5) is 0 Å². The second kappa shape index (κ2) is 16.4. The molecule has 3 heterocycles. The maximum absolute atomic E-state index is 6.27. The normalized spacial score (nSPS) is 18.4. The van der Waals surface area contributed by atoms with E-state index >= 15 is 0 Å². The Labute approximate surface area is 384 Å². The first-order chi connectivity index (χ1) is 32.1. The summed E-state index contributed by atoms with van der Waals surface area (Å²) in [5.74, 6) is 0.208. The summed E-state index contributed by atoms with van der Waals surface area (Å²) < 4.78 is 7.59. The van der Waals surface area contributed by atoms with Gasteiger partial charge in [-0.1, -0.05) is 164 Å². The summed E-state index contributed by atoms with van der Waals surface area (Å²) in [6.45, 7) is 2.35. The Balaban J connectivity index is 0.960. The Bertz CT molecular complexity index is 3470. The van der Waals surface area contributed by atoms with E-state index in [1.807, 2.05) is 17.4 Å². The third kappa shape index (κ3) is 7.01. The van der Waals surface area contributed by atoms with E-state index in [9.17, 15) is 0 Å². The number of hydrogen-bond acceptors (Lipinski definition) is 4. The molecule has 3 aliphatic carbocycles. The van der Waals surface area contributed by atoms with Gasteiger partial charge in [0.05, 0.1) is 0 Å². The molecule has 2 unspecified atom stereocenters. The van der Waals surface area contributed by atoms with E-state index in [2.05, 4.69) is 207 Å². The van der Waals surface area contributed by atoms with E-state index in [0.29, 0.717) is 0 Å². The summed E-state index contributed by atoms with van der Waals surface area (Å²) in [4.78, 5) is 9.35. The van der Waals surface area contributed by atoms with Crippen molar-refractivity contribution in [2.45, 2.75) is 38.8 Å². The van der Waals surface area contributed by atoms with Gasteiger partial charge in [-0.05, 0) is 124 Å². The summed E-state index contributed by atoms with van der Waals surface area (Å²) >= 11 is 1.94. The van der Waals surface area contributed by atoms with Crippen LogP contribution in [0.3, 0.4) is 0 Å². The van der Waals surface area contributed by atoms with Crippen LogP contribution in [0.5, 0.6) is 0 Å². The SMILES string of the molecule is CCC1=C(c2cccc(C3N=C(C4C=CC=CC4)C=C(c4ccc5oc6ccccc6c5c4)N3C)c2)c2sc3ccccc3c2C2=C(CC(c3cccc(-c4ccccc4)c3)=CC=C2)C1. The van der Waals surface area contributed by atoms with Gasteiger partial charge in [0.15, 0.2) is 0 Å². The molecule has 65 heavy (non-hydrogen) atoms. The van der Waals surface area contributed by atoms with Gasteiger partial charge in [0.1, 0.15) is 17.3 Å². The summed E-state index contributed by atoms with van der Waals surface area (Å²) in [5, 5.41) is 3.60. The van der Waals surface area contributed by atoms with Crippen LogP contribution in [0.2, 0.25) is 0 Å². The highest BCUT2D eigenvalue weighted by atomic mass is 32.1. The minimum absolute atomic E-state index is 0.208. The van der Waals surface area contributed by atoms with Crippen LogP contribution in [-0.4, -0.2) is 17.7 Å². The average molecular weight is 857 g/mol. The van der Waals surface area contributed by atoms with Crippen molar-refractivity contribution in [1.29, 1.82) is 0 Å². The molecule has 314 valence electrons. The number of allylic oxidation sites excluding steroid dienone is 12. The highest BCUT2D eigenvalue weighted by molar-refractivity contribution is 7.20. The van der Waals surface area contributed by atoms with Crippen molar-refractivity contribution in [3.63, 3.8) is 0 Å². The Morgan fingerprint density at radius 3 is 2.34 bits per heavy atom. The molecule has 0 fully saturated rings. The largest absolute Gasteiger partial charge is 0.456 e. The van der Waals surface area contributed by atoms with Gasteiger partial charge in [0, 0.05) is 55.7 Å². The van der Waals surface area contributed by atoms with Crippen LogP contribution in [-0.2, 0) is 0 Å². The monoisotopic (exact) mass is 856 g/mol. The Kier molecular flexibility index (Phi) is 9.91. The zero-order valence-electron chi connectivity index (χ0n) is 36.7. The lowest BCUT2D eigenvalue weighted by molar-refractivity contribution is 0.362. The van der Waals surface area contributed by atoms with E-state index in [1.54, 1.807) is 0 Å². The third-order valence-corrected chi connectivity index (χ3v) is 15.0. The van der Waals surface area contributed by atoms with Crippen molar-refractivity contribution in [3.8, 4) is 11.1 Å². The van der Waals surface area contributed by atoms with Crippen molar-refractivity contribution in [2.24, 2.45) is 10.9 Å². The molecule has 1 aliphatic heterocycles. The minimum Gasteiger partial charge on any atom is -0.456 e. The molecule has 4 heteroatoms. The molecule has 4 aliphatic rings. The molecule has 6 aromatic carbocycles. The average Bonchev–Trinajstić information content (AvgIpc) is 3.81. The number of aliphatic imine (C=N–C) groups is 1. The molecule has 2 aromatic heterocycles. The predicted octanol–water partition coefficient (Wildman–Crippen LogP) is 16.4. The first-order valence-electron chi connectivity index (χ1n) is 22.9. The van der Waals surface area contributed by atoms with Crippen LogP contribution >= 0.6 is 11.3 Å². The molecule has 0 N–H and O–H groups in total. The number of fused-ring (bicyclic) bond motifs is 7. The van der Waals surface area contributed by atoms with Crippen molar-refractivity contribution < 1.29 is 4.42 Å². The van der Waals surface area contributed by atoms with Crippen molar-refractivity contribution in [3.05, 3.63) is 238 Å². The molecule has 0 spiro atoms. The second-order valence-corrected chi connectivity index (χ2v) is 18.7. The van der Waals surface area contributed by atoms with Gasteiger partial charge in [-0.3, -0.25) is 4.99 Å². The van der Waals surface area contributed by atoms with Crippen LogP contribution in [0.25, 0.3) is 65.6 Å². The first-order valence-corrected chi connectivity index (χ1v) is 23.8. The lowest BCUT2D eigenvalue weighted by atomic mass is 9.89. The molecular weight excluding hydrogens is 809 g/mol. The summed E-state index contributed by atoms with van der Waals surface area (Å²) in [7, 11) is 2.21. The number of hydrogen-bond donors (Lipinski definition) is 0. The topological polar surface area (TPSA) is 28.7 Å². The fraction of sp³-hybridized carbons (Fsp3) is 0.131. The van der Waals surface area contributed by atoms with Crippen LogP contribution < -0.4 is 0 Å². The van der Waals surface area contributed by atoms with Crippen molar-refractivity contribution in [1.82, 2.24) is 4.90 Å². The fourth-order valence-corrected chi connectivity index (χ4v) is 11.8. The van der Waals surface area contributed by atoms with Gasteiger partial charge >= 0.3 is 0 Å². The summed E-state index contributed by atoms with van der Waals surface area (Å²) in [6.07, 6.45) is 21.7. The molecule has 0 bridgehead atoms. The molecule has 0 amide bonds. The van der Waals surface area contributed by atoms with E-state index in [-0.39, 0.29) is 12.1 Å². The number of para-hydroxylation sites is 1. The highest BCUT2D eigenvalue weighted by Crippen LogP contribution is 2.51. The lowest BCUT2D eigenvalue weighted by Crippen LogP contribution is -2.29. The predicted molar refractivity (Wildman–Crippen MR) is 276 cm³/mol. The molecule has 0 saturated heterocycles. The molecule has 2 atom stereocenters. The molecule has 3 nitrogen and oxygen atoms in total. The lowest BCUT2D eigenvalue weighted by Gasteiger charge is -2.35. The summed E-state index contributed by atoms with van der Waals surface area (Å²) in [5.41, 5.74) is 19.9. The van der Waals surface area contributed by atoms with Gasteiger partial charge in [-0.2, -0.15) is 0 Å². The fourth-order valence-electron chi connectivity index (χ4n) is 10.5. The number of furan rings is 1. The van der Waals surface area contributed by atoms with Crippen LogP contribution in [0.15, 0.2) is 215 Å². The third-order valence-electron chi connectivity index (χ3n) is 13.8. The maximum atomic E-state index is 6.27. The molecule has 8 aromatic rings. The van der Waals surface area contributed by atoms with Crippen molar-refractivity contribution >= 4 is 71.5 Å². The van der Waals surface area contributed by atoms with Gasteiger partial charge in [0.2, 0.25) is 0 Å². The maximum Gasteiger partial charge on any atom is 0.147 e. The number of benzene rings is 6. The first kappa shape index (κ1) is 39.3. The summed E-state index contributed by atoms with van der Waals surface area (Å²) in [6, 6.07) is 53.1.